The quantitative estimate of drug-likeness (QED) is 0.838. The van der Waals surface area contributed by atoms with E-state index in [9.17, 15) is 0 Å². The molecule has 0 aromatic heterocycles. The molecule has 114 valence electrons. The summed E-state index contributed by atoms with van der Waals surface area (Å²) in [5, 5.41) is 3.57. The average molecular weight is 268 g/mol. The van der Waals surface area contributed by atoms with Crippen LogP contribution in [-0.2, 0) is 0 Å². The number of nitrogens with zero attached hydrogens (tertiary/aromatic N) is 1. The molecule has 1 saturated carbocycles. The zero-order valence-electron chi connectivity index (χ0n) is 14.5. The van der Waals surface area contributed by atoms with Crippen LogP contribution in [0.1, 0.15) is 54.4 Å². The van der Waals surface area contributed by atoms with E-state index in [1.165, 1.54) is 19.4 Å². The smallest absolute Gasteiger partial charge is 0.0112 e. The summed E-state index contributed by atoms with van der Waals surface area (Å²) in [6.45, 7) is 15.5. The van der Waals surface area contributed by atoms with Crippen molar-refractivity contribution in [3.8, 4) is 0 Å². The molecule has 5 unspecified atom stereocenters. The van der Waals surface area contributed by atoms with E-state index in [-0.39, 0.29) is 0 Å². The highest BCUT2D eigenvalue weighted by Crippen LogP contribution is 2.35. The Labute approximate surface area is 121 Å². The largest absolute Gasteiger partial charge is 0.317 e. The van der Waals surface area contributed by atoms with Crippen molar-refractivity contribution in [3.63, 3.8) is 0 Å². The molecule has 0 saturated heterocycles. The van der Waals surface area contributed by atoms with Gasteiger partial charge in [0.2, 0.25) is 0 Å². The first kappa shape index (κ1) is 17.0. The van der Waals surface area contributed by atoms with Gasteiger partial charge >= 0.3 is 0 Å². The van der Waals surface area contributed by atoms with Gasteiger partial charge in [-0.25, -0.2) is 0 Å². The molecule has 2 nitrogen and oxygen atoms in total. The molecule has 0 aromatic rings. The molecule has 1 aliphatic carbocycles. The van der Waals surface area contributed by atoms with Crippen molar-refractivity contribution in [3.05, 3.63) is 0 Å². The van der Waals surface area contributed by atoms with Gasteiger partial charge in [-0.3, -0.25) is 0 Å². The van der Waals surface area contributed by atoms with Crippen LogP contribution in [0.3, 0.4) is 0 Å². The summed E-state index contributed by atoms with van der Waals surface area (Å²) >= 11 is 0. The maximum atomic E-state index is 3.57. The first-order valence-corrected chi connectivity index (χ1v) is 8.04. The first-order valence-electron chi connectivity index (χ1n) is 8.04. The van der Waals surface area contributed by atoms with Crippen LogP contribution in [0.5, 0.6) is 0 Å². The fraction of sp³-hybridized carbons (Fsp3) is 1.00. The Balaban J connectivity index is 2.68. The molecule has 0 radical (unpaired) electrons. The van der Waals surface area contributed by atoms with Crippen molar-refractivity contribution in [2.75, 3.05) is 20.6 Å². The van der Waals surface area contributed by atoms with Crippen LogP contribution in [0.2, 0.25) is 0 Å². The standard InChI is InChI=1S/C17H36N2/c1-12-9-13(2)15(16(10-12)18-7)11-19(8)14(3)17(4,5)6/h12-16,18H,9-11H2,1-8H3. The van der Waals surface area contributed by atoms with E-state index in [1.807, 2.05) is 0 Å². The van der Waals surface area contributed by atoms with E-state index >= 15 is 0 Å². The minimum atomic E-state index is 0.356. The van der Waals surface area contributed by atoms with Gasteiger partial charge < -0.3 is 10.2 Å². The zero-order chi connectivity index (χ0) is 14.8. The molecule has 2 heteroatoms. The third-order valence-electron chi connectivity index (χ3n) is 5.46. The summed E-state index contributed by atoms with van der Waals surface area (Å²) in [6, 6.07) is 1.31. The van der Waals surface area contributed by atoms with Crippen LogP contribution in [0.15, 0.2) is 0 Å². The molecule has 5 atom stereocenters. The second kappa shape index (κ2) is 6.58. The van der Waals surface area contributed by atoms with Gasteiger partial charge in [-0.15, -0.1) is 0 Å². The van der Waals surface area contributed by atoms with Crippen molar-refractivity contribution in [2.24, 2.45) is 23.2 Å². The maximum absolute atomic E-state index is 3.57. The van der Waals surface area contributed by atoms with Gasteiger partial charge in [0.1, 0.15) is 0 Å². The van der Waals surface area contributed by atoms with Gasteiger partial charge in [-0.05, 0) is 57.0 Å². The van der Waals surface area contributed by atoms with E-state index in [0.29, 0.717) is 17.5 Å². The third kappa shape index (κ3) is 4.46. The fourth-order valence-electron chi connectivity index (χ4n) is 3.70. The van der Waals surface area contributed by atoms with Crippen molar-refractivity contribution >= 4 is 0 Å². The summed E-state index contributed by atoms with van der Waals surface area (Å²) in [7, 11) is 4.43. The van der Waals surface area contributed by atoms with Crippen molar-refractivity contribution < 1.29 is 0 Å². The number of nitrogens with one attached hydrogen (secondary N) is 1. The highest BCUT2D eigenvalue weighted by atomic mass is 15.1. The Kier molecular flexibility index (Phi) is 5.88. The van der Waals surface area contributed by atoms with Crippen molar-refractivity contribution in [2.45, 2.75) is 66.5 Å². The van der Waals surface area contributed by atoms with E-state index in [1.54, 1.807) is 0 Å². The van der Waals surface area contributed by atoms with E-state index in [0.717, 1.165) is 17.8 Å². The molecule has 19 heavy (non-hydrogen) atoms. The molecular weight excluding hydrogens is 232 g/mol. The first-order chi connectivity index (χ1) is 8.66. The highest BCUT2D eigenvalue weighted by molar-refractivity contribution is 4.90. The lowest BCUT2D eigenvalue weighted by Gasteiger charge is -2.44. The number of rotatable bonds is 4. The molecule has 1 aliphatic rings. The summed E-state index contributed by atoms with van der Waals surface area (Å²) in [4.78, 5) is 2.57. The van der Waals surface area contributed by atoms with Crippen LogP contribution >= 0.6 is 0 Å². The van der Waals surface area contributed by atoms with Crippen LogP contribution < -0.4 is 5.32 Å². The monoisotopic (exact) mass is 268 g/mol. The van der Waals surface area contributed by atoms with Crippen LogP contribution in [0.25, 0.3) is 0 Å². The minimum Gasteiger partial charge on any atom is -0.317 e. The highest BCUT2D eigenvalue weighted by Gasteiger charge is 2.35. The summed E-state index contributed by atoms with van der Waals surface area (Å²) < 4.78 is 0. The van der Waals surface area contributed by atoms with Gasteiger partial charge in [-0.1, -0.05) is 34.6 Å². The molecule has 0 aliphatic heterocycles. The molecule has 0 heterocycles. The molecule has 1 rings (SSSR count). The van der Waals surface area contributed by atoms with Crippen molar-refractivity contribution in [1.29, 1.82) is 0 Å². The van der Waals surface area contributed by atoms with Gasteiger partial charge in [-0.2, -0.15) is 0 Å². The van der Waals surface area contributed by atoms with Crippen LogP contribution in [-0.4, -0.2) is 37.6 Å². The third-order valence-corrected chi connectivity index (χ3v) is 5.46. The predicted molar refractivity (Wildman–Crippen MR) is 85.4 cm³/mol. The molecule has 1 fully saturated rings. The SMILES string of the molecule is CNC1CC(C)CC(C)C1CN(C)C(C)C(C)(C)C. The van der Waals surface area contributed by atoms with Crippen LogP contribution in [0.4, 0.5) is 0 Å². The Morgan fingerprint density at radius 1 is 1.21 bits per heavy atom. The Bertz CT molecular complexity index is 269. The lowest BCUT2D eigenvalue weighted by atomic mass is 9.72. The summed E-state index contributed by atoms with van der Waals surface area (Å²) in [5.74, 6) is 2.49. The molecule has 1 N–H and O–H groups in total. The number of hydrogen-bond acceptors (Lipinski definition) is 2. The maximum Gasteiger partial charge on any atom is 0.0112 e. The zero-order valence-corrected chi connectivity index (χ0v) is 14.5. The molecular formula is C17H36N2. The predicted octanol–water partition coefficient (Wildman–Crippen LogP) is 3.62. The second-order valence-corrected chi connectivity index (χ2v) is 8.09. The van der Waals surface area contributed by atoms with Gasteiger partial charge in [0, 0.05) is 18.6 Å². The second-order valence-electron chi connectivity index (χ2n) is 8.09. The molecule has 0 aromatic carbocycles. The summed E-state index contributed by atoms with van der Waals surface area (Å²) in [6.07, 6.45) is 2.73. The lowest BCUT2D eigenvalue weighted by Crippen LogP contribution is -2.50. The fourth-order valence-corrected chi connectivity index (χ4v) is 3.70. The number of hydrogen-bond donors (Lipinski definition) is 1. The van der Waals surface area contributed by atoms with Gasteiger partial charge in [0.05, 0.1) is 0 Å². The van der Waals surface area contributed by atoms with E-state index < -0.39 is 0 Å². The molecule has 0 spiro atoms. The Hall–Kier alpha value is -0.0800. The minimum absolute atomic E-state index is 0.356. The lowest BCUT2D eigenvalue weighted by molar-refractivity contribution is 0.0688. The van der Waals surface area contributed by atoms with Crippen LogP contribution in [0, 0.1) is 23.2 Å². The topological polar surface area (TPSA) is 15.3 Å². The molecule has 0 bridgehead atoms. The molecule has 0 amide bonds. The Morgan fingerprint density at radius 2 is 1.79 bits per heavy atom. The van der Waals surface area contributed by atoms with Crippen molar-refractivity contribution in [1.82, 2.24) is 10.2 Å². The van der Waals surface area contributed by atoms with Gasteiger partial charge in [0.25, 0.3) is 0 Å². The van der Waals surface area contributed by atoms with E-state index in [2.05, 4.69) is 65.9 Å². The van der Waals surface area contributed by atoms with E-state index in [4.69, 9.17) is 0 Å². The normalized spacial score (nSPS) is 34.6. The Morgan fingerprint density at radius 3 is 2.26 bits per heavy atom. The summed E-state index contributed by atoms with van der Waals surface area (Å²) in [5.41, 5.74) is 0.356. The average Bonchev–Trinajstić information content (AvgIpc) is 2.29. The van der Waals surface area contributed by atoms with Gasteiger partial charge in [0.15, 0.2) is 0 Å².